The minimum Gasteiger partial charge on any atom is -1.00 e. The summed E-state index contributed by atoms with van der Waals surface area (Å²) in [7, 11) is 0. The van der Waals surface area contributed by atoms with E-state index in [-0.39, 0.29) is 60.0 Å². The maximum absolute atomic E-state index is 10.2. The maximum Gasteiger partial charge on any atom is 3.00 e. The van der Waals surface area contributed by atoms with Crippen molar-refractivity contribution in [3.63, 3.8) is 0 Å². The zero-order valence-electron chi connectivity index (χ0n) is 5.60. The fourth-order valence-electron chi connectivity index (χ4n) is 0.443. The standard InChI is InChI=1S/C5H5NO2.3ClH.Fe/c7-5-2-1-3-6(8)4-5;;;;/h1-4,7H;3*1H;/q;;;;+3/p-3. The van der Waals surface area contributed by atoms with Gasteiger partial charge in [-0.15, -0.1) is 0 Å². The molecular weight excluding hydrogens is 268 g/mol. The third-order valence-corrected chi connectivity index (χ3v) is 0.759. The van der Waals surface area contributed by atoms with Gasteiger partial charge in [0.05, 0.1) is 0 Å². The Labute approximate surface area is 99.5 Å². The largest absolute Gasteiger partial charge is 3.00 e. The van der Waals surface area contributed by atoms with Gasteiger partial charge in [-0.2, -0.15) is 4.73 Å². The molecular formula is C5H5Cl3FeNO2. The molecule has 0 aliphatic carbocycles. The number of nitrogens with zero attached hydrogens (tertiary/aromatic N) is 1. The second kappa shape index (κ2) is 11.1. The van der Waals surface area contributed by atoms with E-state index >= 15 is 0 Å². The normalized spacial score (nSPS) is 6.00. The van der Waals surface area contributed by atoms with Crippen molar-refractivity contribution in [1.82, 2.24) is 0 Å². The van der Waals surface area contributed by atoms with Crippen LogP contribution >= 0.6 is 0 Å². The zero-order chi connectivity index (χ0) is 5.98. The van der Waals surface area contributed by atoms with Crippen LogP contribution in [0, 0.1) is 5.21 Å². The van der Waals surface area contributed by atoms with E-state index in [4.69, 9.17) is 5.11 Å². The van der Waals surface area contributed by atoms with Gasteiger partial charge in [0.2, 0.25) is 6.20 Å². The molecule has 0 aliphatic heterocycles. The third-order valence-electron chi connectivity index (χ3n) is 0.759. The van der Waals surface area contributed by atoms with Crippen molar-refractivity contribution in [3.05, 3.63) is 29.7 Å². The van der Waals surface area contributed by atoms with E-state index in [9.17, 15) is 5.21 Å². The molecule has 0 amide bonds. The van der Waals surface area contributed by atoms with Crippen molar-refractivity contribution in [3.8, 4) is 5.75 Å². The molecule has 0 bridgehead atoms. The van der Waals surface area contributed by atoms with Crippen LogP contribution in [-0.2, 0) is 17.1 Å². The molecule has 0 fully saturated rings. The summed E-state index contributed by atoms with van der Waals surface area (Å²) in [5.41, 5.74) is 0. The third kappa shape index (κ3) is 8.24. The first kappa shape index (κ1) is 22.7. The Balaban J connectivity index is -0.0000000800. The topological polar surface area (TPSA) is 47.2 Å². The number of rotatable bonds is 0. The van der Waals surface area contributed by atoms with Gasteiger partial charge in [0.25, 0.3) is 0 Å². The molecule has 3 nitrogen and oxygen atoms in total. The fourth-order valence-corrected chi connectivity index (χ4v) is 0.443. The molecule has 1 rings (SSSR count). The van der Waals surface area contributed by atoms with Crippen LogP contribution in [0.15, 0.2) is 24.5 Å². The predicted octanol–water partition coefficient (Wildman–Crippen LogP) is -8.96. The van der Waals surface area contributed by atoms with Gasteiger partial charge in [0.15, 0.2) is 11.9 Å². The first-order valence-electron chi connectivity index (χ1n) is 2.17. The SMILES string of the molecule is [Cl-].[Cl-].[Cl-].[Fe+3].[O-][n+]1cccc(O)c1. The minimum absolute atomic E-state index is 0. The van der Waals surface area contributed by atoms with Crippen LogP contribution in [0.2, 0.25) is 0 Å². The van der Waals surface area contributed by atoms with E-state index in [1.807, 2.05) is 0 Å². The molecule has 71 valence electrons. The van der Waals surface area contributed by atoms with Gasteiger partial charge in [0, 0.05) is 6.07 Å². The van der Waals surface area contributed by atoms with E-state index in [1.54, 1.807) is 0 Å². The monoisotopic (exact) mass is 272 g/mol. The molecule has 0 unspecified atom stereocenters. The number of hydrogen-bond acceptors (Lipinski definition) is 2. The first-order chi connectivity index (χ1) is 3.79. The fraction of sp³-hybridized carbons (Fsp3) is 0. The second-order valence-electron chi connectivity index (χ2n) is 1.42. The van der Waals surface area contributed by atoms with Crippen LogP contribution < -0.4 is 42.0 Å². The molecule has 0 saturated carbocycles. The maximum atomic E-state index is 10.2. The summed E-state index contributed by atoms with van der Waals surface area (Å²) in [5.74, 6) is -0.0116. The van der Waals surface area contributed by atoms with Crippen molar-refractivity contribution in [2.24, 2.45) is 0 Å². The van der Waals surface area contributed by atoms with E-state index in [0.29, 0.717) is 4.73 Å². The first-order valence-corrected chi connectivity index (χ1v) is 2.17. The molecule has 1 radical (unpaired) electrons. The summed E-state index contributed by atoms with van der Waals surface area (Å²) in [6.07, 6.45) is 2.39. The Morgan fingerprint density at radius 1 is 1.25 bits per heavy atom. The Morgan fingerprint density at radius 2 is 1.75 bits per heavy atom. The summed E-state index contributed by atoms with van der Waals surface area (Å²) < 4.78 is 0.537. The van der Waals surface area contributed by atoms with Crippen LogP contribution in [0.25, 0.3) is 0 Å². The summed E-state index contributed by atoms with van der Waals surface area (Å²) in [6, 6.07) is 2.91. The molecule has 0 saturated heterocycles. The second-order valence-corrected chi connectivity index (χ2v) is 1.42. The summed E-state index contributed by atoms with van der Waals surface area (Å²) >= 11 is 0. The van der Waals surface area contributed by atoms with Crippen molar-refractivity contribution in [2.45, 2.75) is 0 Å². The Morgan fingerprint density at radius 3 is 2.00 bits per heavy atom. The molecule has 1 heterocycles. The van der Waals surface area contributed by atoms with Crippen LogP contribution in [-0.4, -0.2) is 5.11 Å². The Hall–Kier alpha value is 0.139. The van der Waals surface area contributed by atoms with Crippen LogP contribution in [0.3, 0.4) is 0 Å². The van der Waals surface area contributed by atoms with Gasteiger partial charge >= 0.3 is 17.1 Å². The van der Waals surface area contributed by atoms with Crippen molar-refractivity contribution in [1.29, 1.82) is 0 Å². The predicted molar refractivity (Wildman–Crippen MR) is 27.1 cm³/mol. The van der Waals surface area contributed by atoms with Crippen molar-refractivity contribution < 1.29 is 64.1 Å². The minimum atomic E-state index is -0.0116. The Bertz CT molecular complexity index is 185. The quantitative estimate of drug-likeness (QED) is 0.290. The van der Waals surface area contributed by atoms with E-state index in [1.165, 1.54) is 18.3 Å². The van der Waals surface area contributed by atoms with E-state index < -0.39 is 0 Å². The molecule has 0 atom stereocenters. The Kier molecular flexibility index (Phi) is 21.1. The van der Waals surface area contributed by atoms with Crippen LogP contribution in [0.4, 0.5) is 0 Å². The van der Waals surface area contributed by atoms with Gasteiger partial charge in [-0.1, -0.05) is 0 Å². The molecule has 7 heteroatoms. The van der Waals surface area contributed by atoms with Gasteiger partial charge in [-0.05, 0) is 6.07 Å². The van der Waals surface area contributed by atoms with E-state index in [0.717, 1.165) is 6.20 Å². The molecule has 1 aromatic heterocycles. The smallest absolute Gasteiger partial charge is 1.00 e. The molecule has 1 N–H and O–H groups in total. The average Bonchev–Trinajstić information content (AvgIpc) is 1.64. The van der Waals surface area contributed by atoms with Crippen LogP contribution in [0.1, 0.15) is 0 Å². The van der Waals surface area contributed by atoms with E-state index in [2.05, 4.69) is 0 Å². The number of aromatic hydroxyl groups is 1. The summed E-state index contributed by atoms with van der Waals surface area (Å²) in [6.45, 7) is 0. The number of halogens is 3. The summed E-state index contributed by atoms with van der Waals surface area (Å²) in [4.78, 5) is 0. The van der Waals surface area contributed by atoms with Crippen molar-refractivity contribution >= 4 is 0 Å². The van der Waals surface area contributed by atoms with Gasteiger partial charge in [0.1, 0.15) is 0 Å². The average molecular weight is 273 g/mol. The summed E-state index contributed by atoms with van der Waals surface area (Å²) in [5, 5.41) is 18.8. The molecule has 0 aromatic carbocycles. The van der Waals surface area contributed by atoms with Gasteiger partial charge in [-0.25, -0.2) is 0 Å². The van der Waals surface area contributed by atoms with Gasteiger partial charge in [-0.3, -0.25) is 0 Å². The number of hydrogen-bond donors (Lipinski definition) is 1. The van der Waals surface area contributed by atoms with Crippen LogP contribution in [0.5, 0.6) is 5.75 Å². The number of pyridine rings is 1. The molecule has 0 aliphatic rings. The molecule has 0 spiro atoms. The molecule has 12 heavy (non-hydrogen) atoms. The molecule has 1 aromatic rings. The van der Waals surface area contributed by atoms with Gasteiger partial charge < -0.3 is 47.5 Å². The zero-order valence-corrected chi connectivity index (χ0v) is 8.97. The number of aromatic nitrogens is 1. The van der Waals surface area contributed by atoms with Crippen molar-refractivity contribution in [2.75, 3.05) is 0 Å².